The van der Waals surface area contributed by atoms with Gasteiger partial charge in [-0.15, -0.1) is 0 Å². The minimum absolute atomic E-state index is 0.165. The van der Waals surface area contributed by atoms with E-state index in [1.165, 1.54) is 37.5 Å². The number of hydrazine groups is 1. The van der Waals surface area contributed by atoms with Crippen LogP contribution in [0.2, 0.25) is 0 Å². The molecule has 0 aliphatic carbocycles. The lowest BCUT2D eigenvalue weighted by Crippen LogP contribution is -2.47. The molecular formula is C17H27N5O3S. The van der Waals surface area contributed by atoms with E-state index >= 15 is 0 Å². The molecule has 0 saturated carbocycles. The van der Waals surface area contributed by atoms with Crippen molar-refractivity contribution < 1.29 is 9.72 Å². The Kier molecular flexibility index (Phi) is 9.35. The van der Waals surface area contributed by atoms with Gasteiger partial charge in [0.2, 0.25) is 0 Å². The highest BCUT2D eigenvalue weighted by molar-refractivity contribution is 7.80. The lowest BCUT2D eigenvalue weighted by Gasteiger charge is -2.15. The first-order valence-electron chi connectivity index (χ1n) is 8.69. The minimum Gasteiger partial charge on any atom is -0.383 e. The molecule has 8 nitrogen and oxygen atoms in total. The summed E-state index contributed by atoms with van der Waals surface area (Å²) in [6.45, 7) is 5.03. The van der Waals surface area contributed by atoms with Crippen LogP contribution in [-0.4, -0.2) is 29.5 Å². The number of carbonyl (C=O) groups excluding carboxylic acids is 1. The third kappa shape index (κ3) is 7.22. The first-order chi connectivity index (χ1) is 12.4. The number of anilines is 1. The van der Waals surface area contributed by atoms with Crippen molar-refractivity contribution in [3.05, 3.63) is 33.9 Å². The van der Waals surface area contributed by atoms with Crippen molar-refractivity contribution in [1.29, 1.82) is 0 Å². The van der Waals surface area contributed by atoms with E-state index in [1.807, 2.05) is 0 Å². The van der Waals surface area contributed by atoms with Crippen molar-refractivity contribution in [2.24, 2.45) is 5.92 Å². The van der Waals surface area contributed by atoms with Crippen LogP contribution in [0.15, 0.2) is 18.2 Å². The van der Waals surface area contributed by atoms with E-state index in [1.54, 1.807) is 7.05 Å². The van der Waals surface area contributed by atoms with E-state index in [0.717, 1.165) is 6.42 Å². The Morgan fingerprint density at radius 3 is 2.65 bits per heavy atom. The van der Waals surface area contributed by atoms with Crippen molar-refractivity contribution >= 4 is 34.6 Å². The molecule has 0 aliphatic heterocycles. The molecule has 0 spiro atoms. The van der Waals surface area contributed by atoms with E-state index < -0.39 is 10.8 Å². The van der Waals surface area contributed by atoms with Gasteiger partial charge >= 0.3 is 0 Å². The van der Waals surface area contributed by atoms with Gasteiger partial charge in [0, 0.05) is 25.2 Å². The summed E-state index contributed by atoms with van der Waals surface area (Å²) in [5.41, 5.74) is 5.40. The van der Waals surface area contributed by atoms with Gasteiger partial charge in [0.1, 0.15) is 5.69 Å². The van der Waals surface area contributed by atoms with Crippen LogP contribution in [0.25, 0.3) is 0 Å². The number of nitrogens with one attached hydrogen (secondary N) is 4. The molecule has 0 unspecified atom stereocenters. The van der Waals surface area contributed by atoms with Gasteiger partial charge in [0.05, 0.1) is 4.92 Å². The number of thiocarbonyl (C=S) groups is 1. The van der Waals surface area contributed by atoms with Crippen LogP contribution < -0.4 is 21.5 Å². The second-order valence-electron chi connectivity index (χ2n) is 6.13. The summed E-state index contributed by atoms with van der Waals surface area (Å²) in [6.07, 6.45) is 4.73. The molecule has 0 saturated heterocycles. The highest BCUT2D eigenvalue weighted by Crippen LogP contribution is 2.24. The molecule has 0 aromatic heterocycles. The molecule has 0 bridgehead atoms. The third-order valence-corrected chi connectivity index (χ3v) is 4.17. The van der Waals surface area contributed by atoms with Crippen LogP contribution in [0.3, 0.4) is 0 Å². The highest BCUT2D eigenvalue weighted by Gasteiger charge is 2.16. The molecule has 0 aliphatic rings. The summed E-state index contributed by atoms with van der Waals surface area (Å²) in [6, 6.07) is 4.21. The summed E-state index contributed by atoms with van der Waals surface area (Å²) in [7, 11) is 1.58. The monoisotopic (exact) mass is 381 g/mol. The average Bonchev–Trinajstić information content (AvgIpc) is 2.63. The minimum atomic E-state index is -0.540. The number of unbranched alkanes of at least 4 members (excludes halogenated alkanes) is 2. The summed E-state index contributed by atoms with van der Waals surface area (Å²) >= 11 is 5.13. The molecule has 144 valence electrons. The normalized spacial score (nSPS) is 11.3. The first kappa shape index (κ1) is 21.6. The summed E-state index contributed by atoms with van der Waals surface area (Å²) in [4.78, 5) is 22.6. The molecule has 26 heavy (non-hydrogen) atoms. The summed E-state index contributed by atoms with van der Waals surface area (Å²) in [5, 5.41) is 17.1. The second kappa shape index (κ2) is 11.2. The van der Waals surface area contributed by atoms with E-state index in [4.69, 9.17) is 12.2 Å². The Morgan fingerprint density at radius 1 is 1.31 bits per heavy atom. The highest BCUT2D eigenvalue weighted by atomic mass is 32.1. The fourth-order valence-corrected chi connectivity index (χ4v) is 2.51. The molecular weight excluding hydrogens is 354 g/mol. The molecule has 1 atom stereocenters. The van der Waals surface area contributed by atoms with Gasteiger partial charge in [-0.3, -0.25) is 25.8 Å². The van der Waals surface area contributed by atoms with Crippen molar-refractivity contribution in [3.8, 4) is 0 Å². The lowest BCUT2D eigenvalue weighted by molar-refractivity contribution is -0.384. The van der Waals surface area contributed by atoms with Crippen molar-refractivity contribution in [1.82, 2.24) is 16.2 Å². The predicted octanol–water partition coefficient (Wildman–Crippen LogP) is 2.96. The van der Waals surface area contributed by atoms with Gasteiger partial charge in [-0.1, -0.05) is 33.1 Å². The number of benzene rings is 1. The van der Waals surface area contributed by atoms with Gasteiger partial charge in [0.25, 0.3) is 11.6 Å². The molecule has 1 rings (SSSR count). The maximum Gasteiger partial charge on any atom is 0.293 e. The zero-order chi connectivity index (χ0) is 19.5. The number of rotatable bonds is 9. The Bertz CT molecular complexity index is 639. The summed E-state index contributed by atoms with van der Waals surface area (Å²) < 4.78 is 0. The molecule has 0 heterocycles. The van der Waals surface area contributed by atoms with E-state index in [9.17, 15) is 14.9 Å². The van der Waals surface area contributed by atoms with Gasteiger partial charge in [0.15, 0.2) is 5.11 Å². The fraction of sp³-hybridized carbons (Fsp3) is 0.529. The number of nitrogens with zero attached hydrogens (tertiary/aromatic N) is 1. The molecule has 4 N–H and O–H groups in total. The third-order valence-electron chi connectivity index (χ3n) is 3.93. The van der Waals surface area contributed by atoms with E-state index in [2.05, 4.69) is 35.3 Å². The maximum absolute atomic E-state index is 12.1. The molecule has 0 radical (unpaired) electrons. The van der Waals surface area contributed by atoms with Crippen LogP contribution in [0.5, 0.6) is 0 Å². The van der Waals surface area contributed by atoms with Crippen LogP contribution in [0.1, 0.15) is 49.9 Å². The fourth-order valence-electron chi connectivity index (χ4n) is 2.38. The number of hydrogen-bond acceptors (Lipinski definition) is 5. The Hall–Kier alpha value is -2.42. The maximum atomic E-state index is 12.1. The zero-order valence-corrected chi connectivity index (χ0v) is 16.2. The van der Waals surface area contributed by atoms with E-state index in [0.29, 0.717) is 23.3 Å². The number of carbonyl (C=O) groups is 1. The van der Waals surface area contributed by atoms with E-state index in [-0.39, 0.29) is 11.3 Å². The quantitative estimate of drug-likeness (QED) is 0.225. The number of amides is 1. The van der Waals surface area contributed by atoms with Crippen molar-refractivity contribution in [2.45, 2.75) is 39.5 Å². The molecule has 1 aromatic carbocycles. The first-order valence-corrected chi connectivity index (χ1v) is 9.10. The largest absolute Gasteiger partial charge is 0.383 e. The van der Waals surface area contributed by atoms with Crippen molar-refractivity contribution in [2.75, 3.05) is 18.9 Å². The van der Waals surface area contributed by atoms with Crippen LogP contribution in [0.4, 0.5) is 11.4 Å². The number of nitro benzene ring substituents is 1. The van der Waals surface area contributed by atoms with Gasteiger partial charge in [-0.2, -0.15) is 0 Å². The molecule has 1 aromatic rings. The zero-order valence-electron chi connectivity index (χ0n) is 15.4. The topological polar surface area (TPSA) is 108 Å². The molecule has 0 fully saturated rings. The molecule has 1 amide bonds. The standard InChI is InChI=1S/C17H27N5O3S/c1-4-5-6-7-12(2)11-19-17(26)21-20-16(23)13-8-9-14(18-3)15(10-13)22(24)25/h8-10,12,18H,4-7,11H2,1-3H3,(H,20,23)(H2,19,21,26)/t12-/m1/s1. The summed E-state index contributed by atoms with van der Waals surface area (Å²) in [5.74, 6) is -0.0235. The van der Waals surface area contributed by atoms with Crippen LogP contribution in [0, 0.1) is 16.0 Å². The Morgan fingerprint density at radius 2 is 2.04 bits per heavy atom. The Balaban J connectivity index is 2.47. The lowest BCUT2D eigenvalue weighted by atomic mass is 10.0. The number of hydrogen-bond donors (Lipinski definition) is 4. The molecule has 9 heteroatoms. The Labute approximate surface area is 159 Å². The SMILES string of the molecule is CCCCC[C@@H](C)CNC(=S)NNC(=O)c1ccc(NC)c([N+](=O)[O-])c1. The van der Waals surface area contributed by atoms with Gasteiger partial charge in [-0.25, -0.2) is 0 Å². The smallest absolute Gasteiger partial charge is 0.293 e. The predicted molar refractivity (Wildman–Crippen MR) is 107 cm³/mol. The number of nitro groups is 1. The van der Waals surface area contributed by atoms with Gasteiger partial charge < -0.3 is 10.6 Å². The average molecular weight is 382 g/mol. The van der Waals surface area contributed by atoms with Crippen molar-refractivity contribution in [3.63, 3.8) is 0 Å². The second-order valence-corrected chi connectivity index (χ2v) is 6.54. The van der Waals surface area contributed by atoms with Crippen LogP contribution in [-0.2, 0) is 0 Å². The van der Waals surface area contributed by atoms with Crippen LogP contribution >= 0.6 is 12.2 Å². The van der Waals surface area contributed by atoms with Gasteiger partial charge in [-0.05, 0) is 36.7 Å².